The van der Waals surface area contributed by atoms with Crippen LogP contribution in [0.15, 0.2) is 0 Å². The molecule has 1 fully saturated rings. The number of carbonyl (C=O) groups excluding carboxylic acids is 2. The van der Waals surface area contributed by atoms with Gasteiger partial charge in [0.1, 0.15) is 0 Å². The largest absolute Gasteiger partial charge is 0.456 e. The summed E-state index contributed by atoms with van der Waals surface area (Å²) in [6, 6.07) is 0. The highest BCUT2D eigenvalue weighted by atomic mass is 19.1. The van der Waals surface area contributed by atoms with Crippen molar-refractivity contribution in [1.29, 1.82) is 0 Å². The quantitative estimate of drug-likeness (QED) is 0.740. The molecule has 6 nitrogen and oxygen atoms in total. The maximum Gasteiger partial charge on any atom is 0.303 e. The first-order valence-corrected chi connectivity index (χ1v) is 6.83. The van der Waals surface area contributed by atoms with Crippen LogP contribution in [-0.4, -0.2) is 48.3 Å². The minimum absolute atomic E-state index is 0.602. The number of rotatable bonds is 3. The molecule has 0 N–H and O–H groups in total. The lowest BCUT2D eigenvalue weighted by molar-refractivity contribution is -0.304. The maximum absolute atomic E-state index is 14.6. The van der Waals surface area contributed by atoms with Crippen molar-refractivity contribution >= 4 is 11.9 Å². The zero-order valence-electron chi connectivity index (χ0n) is 13.2. The fraction of sp³-hybridized carbons (Fsp3) is 0.857. The predicted octanol–water partition coefficient (Wildman–Crippen LogP) is 1.75. The number of ether oxygens (including phenoxy) is 4. The molecular weight excluding hydrogens is 283 g/mol. The lowest BCUT2D eigenvalue weighted by Crippen LogP contribution is -2.59. The Morgan fingerprint density at radius 3 is 1.95 bits per heavy atom. The Labute approximate surface area is 123 Å². The Morgan fingerprint density at radius 1 is 1.05 bits per heavy atom. The van der Waals surface area contributed by atoms with Crippen molar-refractivity contribution in [2.75, 3.05) is 0 Å². The molecule has 122 valence electrons. The molecule has 0 aromatic carbocycles. The fourth-order valence-corrected chi connectivity index (χ4v) is 2.09. The lowest BCUT2D eigenvalue weighted by Gasteiger charge is -2.42. The van der Waals surface area contributed by atoms with Crippen molar-refractivity contribution in [2.45, 2.75) is 77.9 Å². The summed E-state index contributed by atoms with van der Waals surface area (Å²) in [7, 11) is 0. The average Bonchev–Trinajstić information content (AvgIpc) is 2.27. The van der Waals surface area contributed by atoms with E-state index in [4.69, 9.17) is 18.9 Å². The molecule has 7 heteroatoms. The van der Waals surface area contributed by atoms with Crippen molar-refractivity contribution in [3.8, 4) is 0 Å². The Hall–Kier alpha value is -1.21. The second-order valence-corrected chi connectivity index (χ2v) is 6.03. The van der Waals surface area contributed by atoms with E-state index in [9.17, 15) is 14.0 Å². The SMILES string of the molecule is CC(=O)OC1C(C)OC(OC(C)(C)C)C(F)C1OC(C)=O. The summed E-state index contributed by atoms with van der Waals surface area (Å²) in [4.78, 5) is 22.3. The van der Waals surface area contributed by atoms with E-state index in [1.54, 1.807) is 27.7 Å². The van der Waals surface area contributed by atoms with Crippen LogP contribution in [-0.2, 0) is 28.5 Å². The van der Waals surface area contributed by atoms with E-state index in [1.165, 1.54) is 6.92 Å². The lowest BCUT2D eigenvalue weighted by atomic mass is 10.00. The molecule has 0 aromatic rings. The monoisotopic (exact) mass is 306 g/mol. The first-order valence-electron chi connectivity index (χ1n) is 6.83. The van der Waals surface area contributed by atoms with Gasteiger partial charge >= 0.3 is 11.9 Å². The van der Waals surface area contributed by atoms with Crippen LogP contribution in [0.1, 0.15) is 41.5 Å². The van der Waals surface area contributed by atoms with Gasteiger partial charge in [0.05, 0.1) is 11.7 Å². The maximum atomic E-state index is 14.6. The Morgan fingerprint density at radius 2 is 1.52 bits per heavy atom. The third-order valence-corrected chi connectivity index (χ3v) is 2.78. The van der Waals surface area contributed by atoms with E-state index in [0.29, 0.717) is 0 Å². The van der Waals surface area contributed by atoms with Gasteiger partial charge in [-0.05, 0) is 27.7 Å². The van der Waals surface area contributed by atoms with Crippen molar-refractivity contribution < 1.29 is 32.9 Å². The Kier molecular flexibility index (Phi) is 5.69. The van der Waals surface area contributed by atoms with Crippen LogP contribution in [0.4, 0.5) is 4.39 Å². The minimum atomic E-state index is -1.76. The van der Waals surface area contributed by atoms with E-state index in [-0.39, 0.29) is 0 Å². The van der Waals surface area contributed by atoms with Crippen LogP contribution in [0.5, 0.6) is 0 Å². The summed E-state index contributed by atoms with van der Waals surface area (Å²) in [5, 5.41) is 0. The van der Waals surface area contributed by atoms with E-state index in [0.717, 1.165) is 6.92 Å². The highest BCUT2D eigenvalue weighted by Crippen LogP contribution is 2.31. The number of halogens is 1. The second kappa shape index (κ2) is 6.70. The molecule has 0 aliphatic carbocycles. The summed E-state index contributed by atoms with van der Waals surface area (Å²) >= 11 is 0. The number of alkyl halides is 1. The molecule has 1 aliphatic heterocycles. The molecule has 1 aliphatic rings. The molecule has 21 heavy (non-hydrogen) atoms. The zero-order chi connectivity index (χ0) is 16.4. The standard InChI is InChI=1S/C14H23FO6/c1-7-11(19-8(2)16)12(20-9(3)17)10(15)13(18-7)21-14(4,5)6/h7,10-13H,1-6H3. The average molecular weight is 306 g/mol. The summed E-state index contributed by atoms with van der Waals surface area (Å²) in [5.74, 6) is -1.27. The zero-order valence-corrected chi connectivity index (χ0v) is 13.2. The van der Waals surface area contributed by atoms with Crippen LogP contribution >= 0.6 is 0 Å². The summed E-state index contributed by atoms with van der Waals surface area (Å²) in [6.45, 7) is 9.24. The van der Waals surface area contributed by atoms with Gasteiger partial charge in [-0.15, -0.1) is 0 Å². The molecule has 0 amide bonds. The molecule has 1 heterocycles. The van der Waals surface area contributed by atoms with E-state index >= 15 is 0 Å². The van der Waals surface area contributed by atoms with Gasteiger partial charge in [0.2, 0.25) is 0 Å². The fourth-order valence-electron chi connectivity index (χ4n) is 2.09. The topological polar surface area (TPSA) is 71.1 Å². The van der Waals surface area contributed by atoms with Crippen molar-refractivity contribution in [3.63, 3.8) is 0 Å². The number of esters is 2. The molecule has 0 spiro atoms. The first-order chi connectivity index (χ1) is 9.51. The van der Waals surface area contributed by atoms with Crippen molar-refractivity contribution in [3.05, 3.63) is 0 Å². The first kappa shape index (κ1) is 17.8. The normalized spacial score (nSPS) is 33.4. The Balaban J connectivity index is 2.95. The number of hydrogen-bond donors (Lipinski definition) is 0. The van der Waals surface area contributed by atoms with Crippen LogP contribution < -0.4 is 0 Å². The third kappa shape index (κ3) is 5.24. The van der Waals surface area contributed by atoms with Crippen LogP contribution in [0.2, 0.25) is 0 Å². The van der Waals surface area contributed by atoms with Gasteiger partial charge in [0.15, 0.2) is 24.7 Å². The van der Waals surface area contributed by atoms with Crippen LogP contribution in [0.3, 0.4) is 0 Å². The van der Waals surface area contributed by atoms with Gasteiger partial charge in [-0.25, -0.2) is 4.39 Å². The van der Waals surface area contributed by atoms with Gasteiger partial charge in [0.25, 0.3) is 0 Å². The molecule has 0 radical (unpaired) electrons. The van der Waals surface area contributed by atoms with Crippen LogP contribution in [0, 0.1) is 0 Å². The molecule has 5 unspecified atom stereocenters. The highest BCUT2D eigenvalue weighted by molar-refractivity contribution is 5.67. The molecule has 1 rings (SSSR count). The third-order valence-electron chi connectivity index (χ3n) is 2.78. The number of hydrogen-bond acceptors (Lipinski definition) is 6. The summed E-state index contributed by atoms with van der Waals surface area (Å²) in [5.41, 5.74) is -0.635. The van der Waals surface area contributed by atoms with Crippen molar-refractivity contribution in [2.24, 2.45) is 0 Å². The summed E-state index contributed by atoms with van der Waals surface area (Å²) in [6.07, 6.45) is -5.90. The van der Waals surface area contributed by atoms with Gasteiger partial charge in [-0.2, -0.15) is 0 Å². The molecule has 1 saturated heterocycles. The van der Waals surface area contributed by atoms with E-state index in [1.807, 2.05) is 0 Å². The van der Waals surface area contributed by atoms with Crippen LogP contribution in [0.25, 0.3) is 0 Å². The van der Waals surface area contributed by atoms with Gasteiger partial charge in [0, 0.05) is 13.8 Å². The molecule has 0 bridgehead atoms. The smallest absolute Gasteiger partial charge is 0.303 e. The van der Waals surface area contributed by atoms with Crippen molar-refractivity contribution in [1.82, 2.24) is 0 Å². The predicted molar refractivity (Wildman–Crippen MR) is 71.2 cm³/mol. The van der Waals surface area contributed by atoms with E-state index < -0.39 is 48.3 Å². The van der Waals surface area contributed by atoms with E-state index in [2.05, 4.69) is 0 Å². The molecule has 5 atom stereocenters. The Bertz CT molecular complexity index is 391. The molecule has 0 aromatic heterocycles. The van der Waals surface area contributed by atoms with Gasteiger partial charge in [-0.1, -0.05) is 0 Å². The molecule has 0 saturated carbocycles. The number of carbonyl (C=O) groups is 2. The van der Waals surface area contributed by atoms with Gasteiger partial charge < -0.3 is 18.9 Å². The second-order valence-electron chi connectivity index (χ2n) is 6.03. The van der Waals surface area contributed by atoms with Gasteiger partial charge in [-0.3, -0.25) is 9.59 Å². The highest BCUT2D eigenvalue weighted by Gasteiger charge is 2.50. The summed E-state index contributed by atoms with van der Waals surface area (Å²) < 4.78 is 35.5. The molecular formula is C14H23FO6. The minimum Gasteiger partial charge on any atom is -0.456 e.